The van der Waals surface area contributed by atoms with E-state index in [0.29, 0.717) is 11.6 Å². The van der Waals surface area contributed by atoms with Crippen LogP contribution in [0, 0.1) is 0 Å². The predicted octanol–water partition coefficient (Wildman–Crippen LogP) is 7.90. The van der Waals surface area contributed by atoms with Gasteiger partial charge in [0.05, 0.1) is 17.2 Å². The van der Waals surface area contributed by atoms with Crippen molar-refractivity contribution < 1.29 is 24.2 Å². The number of ether oxygens (including phenoxy) is 2. The normalized spacial score (nSPS) is 14.0. The Morgan fingerprint density at radius 1 is 1.14 bits per heavy atom. The first-order valence-electron chi connectivity index (χ1n) is 14.3. The number of benzene rings is 2. The fraction of sp³-hybridized carbons (Fsp3) is 0.429. The van der Waals surface area contributed by atoms with Crippen LogP contribution in [-0.2, 0) is 20.7 Å². The van der Waals surface area contributed by atoms with Crippen LogP contribution < -0.4 is 4.74 Å². The molecule has 0 unspecified atom stereocenters. The summed E-state index contributed by atoms with van der Waals surface area (Å²) in [5, 5.41) is 7.60. The van der Waals surface area contributed by atoms with Gasteiger partial charge in [-0.25, -0.2) is 0 Å². The van der Waals surface area contributed by atoms with Gasteiger partial charge in [0.15, 0.2) is 0 Å². The van der Waals surface area contributed by atoms with Crippen molar-refractivity contribution in [1.29, 1.82) is 0 Å². The lowest BCUT2D eigenvalue weighted by atomic mass is 9.93. The van der Waals surface area contributed by atoms with Crippen LogP contribution in [0.15, 0.2) is 60.8 Å². The number of halogens is 1. The molecule has 1 aliphatic heterocycles. The van der Waals surface area contributed by atoms with E-state index in [1.165, 1.54) is 5.57 Å². The third-order valence-corrected chi connectivity index (χ3v) is 6.60. The molecule has 0 saturated carbocycles. The Hall–Kier alpha value is -3.19. The highest BCUT2D eigenvalue weighted by Crippen LogP contribution is 2.40. The molecule has 2 aromatic rings. The van der Waals surface area contributed by atoms with Crippen LogP contribution in [0.2, 0.25) is 5.02 Å². The number of fused-ring (bicyclic) bond motifs is 1. The van der Waals surface area contributed by atoms with E-state index in [-0.39, 0.29) is 17.6 Å². The number of rotatable bonds is 8. The van der Waals surface area contributed by atoms with Crippen molar-refractivity contribution in [2.24, 2.45) is 0 Å². The summed E-state index contributed by atoms with van der Waals surface area (Å²) in [6.45, 7) is 13.9. The third-order valence-electron chi connectivity index (χ3n) is 6.23. The van der Waals surface area contributed by atoms with Crippen LogP contribution in [0.3, 0.4) is 0 Å². The molecule has 0 aliphatic carbocycles. The Morgan fingerprint density at radius 3 is 2.26 bits per heavy atom. The summed E-state index contributed by atoms with van der Waals surface area (Å²) in [6, 6.07) is 12.5. The summed E-state index contributed by atoms with van der Waals surface area (Å²) in [6.07, 6.45) is 11.7. The molecule has 2 aromatic carbocycles. The van der Waals surface area contributed by atoms with Gasteiger partial charge in [0, 0.05) is 38.4 Å². The number of aryl methyl sites for hydroxylation is 1. The summed E-state index contributed by atoms with van der Waals surface area (Å²) in [7, 11) is 2.76. The highest BCUT2D eigenvalue weighted by Gasteiger charge is 2.20. The molecule has 0 spiro atoms. The summed E-state index contributed by atoms with van der Waals surface area (Å²) in [4.78, 5) is 23.6. The monoisotopic (exact) mass is 597 g/mol. The van der Waals surface area contributed by atoms with E-state index >= 15 is 0 Å². The molecule has 0 radical (unpaired) electrons. The Kier molecular flexibility index (Phi) is 16.1. The number of carbonyl (C=O) groups is 2. The molecule has 6 nitrogen and oxygen atoms in total. The number of aliphatic hydroxyl groups excluding tert-OH is 1. The van der Waals surface area contributed by atoms with Gasteiger partial charge in [-0.15, -0.1) is 0 Å². The van der Waals surface area contributed by atoms with Gasteiger partial charge in [-0.1, -0.05) is 73.2 Å². The summed E-state index contributed by atoms with van der Waals surface area (Å²) >= 11 is 6.81. The Bertz CT molecular complexity index is 1240. The van der Waals surface area contributed by atoms with Gasteiger partial charge in [-0.3, -0.25) is 4.79 Å². The van der Waals surface area contributed by atoms with E-state index in [1.807, 2.05) is 40.0 Å². The molecule has 3 rings (SSSR count). The number of allylic oxidation sites excluding steroid dienone is 4. The second-order valence-corrected chi connectivity index (χ2v) is 11.1. The lowest BCUT2D eigenvalue weighted by Gasteiger charge is -2.22. The molecule has 0 aromatic heterocycles. The molecule has 0 fully saturated rings. The van der Waals surface area contributed by atoms with E-state index in [4.69, 9.17) is 26.2 Å². The highest BCUT2D eigenvalue weighted by atomic mass is 35.5. The van der Waals surface area contributed by atoms with Gasteiger partial charge in [0.1, 0.15) is 18.1 Å². The molecule has 1 N–H and O–H groups in total. The summed E-state index contributed by atoms with van der Waals surface area (Å²) in [5.74, 6) is 0.722. The average molecular weight is 598 g/mol. The van der Waals surface area contributed by atoms with E-state index < -0.39 is 0 Å². The average Bonchev–Trinajstić information content (AvgIpc) is 2.97. The first-order chi connectivity index (χ1) is 19.9. The number of hydrogen-bond acceptors (Lipinski definition) is 5. The maximum absolute atomic E-state index is 12.0. The maximum atomic E-state index is 12.0. The van der Waals surface area contributed by atoms with Crippen molar-refractivity contribution >= 4 is 34.9 Å². The van der Waals surface area contributed by atoms with E-state index in [2.05, 4.69) is 55.5 Å². The molecular formula is C35H48ClNO5. The zero-order valence-electron chi connectivity index (χ0n) is 26.7. The second-order valence-electron chi connectivity index (χ2n) is 10.7. The SMILES string of the molecule is C/C=C(\C=C/CC)c1ccc(/C(=C\N(C)C(C)=O)c2ccc3c(c2Cl)OCCC3)cc1.CO.C[C@H](C=O)OC(C)(C)C. The molecule has 0 bridgehead atoms. The molecule has 1 heterocycles. The first kappa shape index (κ1) is 36.8. The van der Waals surface area contributed by atoms with E-state index in [1.54, 1.807) is 25.8 Å². The van der Waals surface area contributed by atoms with Crippen molar-refractivity contribution in [3.63, 3.8) is 0 Å². The van der Waals surface area contributed by atoms with Crippen molar-refractivity contribution in [2.45, 2.75) is 79.4 Å². The number of carbonyl (C=O) groups excluding carboxylic acids is 2. The smallest absolute Gasteiger partial charge is 0.223 e. The number of hydrogen-bond donors (Lipinski definition) is 1. The van der Waals surface area contributed by atoms with Gasteiger partial charge in [0.25, 0.3) is 0 Å². The fourth-order valence-corrected chi connectivity index (χ4v) is 4.55. The van der Waals surface area contributed by atoms with Crippen LogP contribution >= 0.6 is 11.6 Å². The lowest BCUT2D eigenvalue weighted by molar-refractivity contribution is -0.126. The summed E-state index contributed by atoms with van der Waals surface area (Å²) in [5.41, 5.74) is 5.99. The van der Waals surface area contributed by atoms with E-state index in [9.17, 15) is 9.59 Å². The third kappa shape index (κ3) is 11.6. The number of nitrogens with zero attached hydrogens (tertiary/aromatic N) is 1. The minimum Gasteiger partial charge on any atom is -0.492 e. The van der Waals surface area contributed by atoms with Crippen LogP contribution in [0.25, 0.3) is 11.1 Å². The molecular weight excluding hydrogens is 550 g/mol. The summed E-state index contributed by atoms with van der Waals surface area (Å²) < 4.78 is 11.1. The van der Waals surface area contributed by atoms with E-state index in [0.717, 1.165) is 66.2 Å². The largest absolute Gasteiger partial charge is 0.492 e. The van der Waals surface area contributed by atoms with Crippen LogP contribution in [0.5, 0.6) is 5.75 Å². The van der Waals surface area contributed by atoms with Gasteiger partial charge < -0.3 is 24.3 Å². The maximum Gasteiger partial charge on any atom is 0.223 e. The molecule has 1 amide bonds. The zero-order valence-corrected chi connectivity index (χ0v) is 27.4. The quantitative estimate of drug-likeness (QED) is 0.247. The van der Waals surface area contributed by atoms with Crippen molar-refractivity contribution in [2.75, 3.05) is 20.8 Å². The van der Waals surface area contributed by atoms with Gasteiger partial charge in [-0.2, -0.15) is 0 Å². The topological polar surface area (TPSA) is 76.1 Å². The highest BCUT2D eigenvalue weighted by molar-refractivity contribution is 6.34. The zero-order chi connectivity index (χ0) is 31.9. The lowest BCUT2D eigenvalue weighted by Crippen LogP contribution is -2.26. The minimum atomic E-state index is -0.287. The number of aliphatic hydroxyl groups is 1. The van der Waals surface area contributed by atoms with Gasteiger partial charge >= 0.3 is 0 Å². The molecule has 42 heavy (non-hydrogen) atoms. The van der Waals surface area contributed by atoms with Crippen LogP contribution in [0.4, 0.5) is 0 Å². The molecule has 230 valence electrons. The number of aldehydes is 1. The molecule has 1 atom stereocenters. The van der Waals surface area contributed by atoms with Crippen LogP contribution in [-0.4, -0.2) is 54.7 Å². The van der Waals surface area contributed by atoms with Crippen LogP contribution in [0.1, 0.15) is 83.6 Å². The Labute approximate surface area is 257 Å². The van der Waals surface area contributed by atoms with Crippen molar-refractivity contribution in [3.8, 4) is 5.75 Å². The Morgan fingerprint density at radius 2 is 1.76 bits per heavy atom. The first-order valence-corrected chi connectivity index (χ1v) is 14.7. The second kappa shape index (κ2) is 18.4. The Balaban J connectivity index is 0.000000686. The molecule has 7 heteroatoms. The predicted molar refractivity (Wildman–Crippen MR) is 175 cm³/mol. The van der Waals surface area contributed by atoms with Gasteiger partial charge in [-0.05, 0) is 76.1 Å². The fourth-order valence-electron chi connectivity index (χ4n) is 4.21. The van der Waals surface area contributed by atoms with Gasteiger partial charge in [0.2, 0.25) is 5.91 Å². The standard InChI is InChI=1S/C27H30ClNO2.C7H14O2.CH4O/c1-5-7-9-20(6-2)21-11-13-22(14-12-21)25(18-29(4)19(3)30)24-16-15-23-10-8-17-31-27(23)26(24)28;1-6(5-8)9-7(2,3)4;1-2/h6-7,9,11-16,18H,5,8,10,17H2,1-4H3;5-6H,1-4H3;2H,1H3/b9-7-,20-6+,25-18+;;/t;6-;/m.1./s1. The molecule has 0 saturated heterocycles. The number of amides is 1. The van der Waals surface area contributed by atoms with Crippen molar-refractivity contribution in [3.05, 3.63) is 88.1 Å². The van der Waals surface area contributed by atoms with Crippen molar-refractivity contribution in [1.82, 2.24) is 4.90 Å². The molecule has 1 aliphatic rings. The minimum absolute atomic E-state index is 0.0413.